The fourth-order valence-electron chi connectivity index (χ4n) is 2.42. The number of ether oxygens (including phenoxy) is 1. The van der Waals surface area contributed by atoms with Crippen molar-refractivity contribution in [1.82, 2.24) is 10.1 Å². The predicted octanol–water partition coefficient (Wildman–Crippen LogP) is 3.25. The van der Waals surface area contributed by atoms with Gasteiger partial charge in [0.1, 0.15) is 5.75 Å². The molecular weight excluding hydrogens is 266 g/mol. The molecule has 0 amide bonds. The average molecular weight is 287 g/mol. The zero-order chi connectivity index (χ0) is 15.0. The molecule has 3 rings (SSSR count). The van der Waals surface area contributed by atoms with E-state index < -0.39 is 0 Å². The molecule has 1 aliphatic heterocycles. The van der Waals surface area contributed by atoms with E-state index in [0.29, 0.717) is 11.8 Å². The molecule has 0 unspecified atom stereocenters. The molecule has 0 radical (unpaired) electrons. The fraction of sp³-hybridized carbons (Fsp3) is 0.500. The van der Waals surface area contributed by atoms with E-state index in [1.54, 1.807) is 7.11 Å². The van der Waals surface area contributed by atoms with Crippen LogP contribution in [0.25, 0.3) is 11.5 Å². The summed E-state index contributed by atoms with van der Waals surface area (Å²) >= 11 is 0. The van der Waals surface area contributed by atoms with Gasteiger partial charge in [0, 0.05) is 18.7 Å². The zero-order valence-electron chi connectivity index (χ0n) is 13.0. The number of benzene rings is 1. The highest BCUT2D eigenvalue weighted by Gasteiger charge is 2.23. The maximum atomic E-state index is 5.52. The molecule has 0 spiro atoms. The van der Waals surface area contributed by atoms with Crippen molar-refractivity contribution in [2.75, 3.05) is 25.1 Å². The number of hydrogen-bond donors (Lipinski definition) is 0. The second-order valence-electron chi connectivity index (χ2n) is 6.41. The van der Waals surface area contributed by atoms with Crippen molar-refractivity contribution < 1.29 is 9.26 Å². The van der Waals surface area contributed by atoms with E-state index >= 15 is 0 Å². The van der Waals surface area contributed by atoms with Crippen molar-refractivity contribution in [2.24, 2.45) is 0 Å². The average Bonchev–Trinajstić information content (AvgIpc) is 2.84. The topological polar surface area (TPSA) is 51.4 Å². The molecule has 1 fully saturated rings. The molecule has 21 heavy (non-hydrogen) atoms. The summed E-state index contributed by atoms with van der Waals surface area (Å²) in [4.78, 5) is 6.57. The van der Waals surface area contributed by atoms with Crippen molar-refractivity contribution >= 4 is 5.95 Å². The van der Waals surface area contributed by atoms with Gasteiger partial charge >= 0.3 is 0 Å². The van der Waals surface area contributed by atoms with Crippen LogP contribution in [0.15, 0.2) is 22.7 Å². The first-order valence-corrected chi connectivity index (χ1v) is 7.26. The molecule has 0 aliphatic carbocycles. The summed E-state index contributed by atoms with van der Waals surface area (Å²) in [6.45, 7) is 8.51. The molecule has 0 atom stereocenters. The molecule has 0 saturated carbocycles. The molecule has 112 valence electrons. The van der Waals surface area contributed by atoms with Gasteiger partial charge < -0.3 is 14.2 Å². The van der Waals surface area contributed by atoms with Gasteiger partial charge in [-0.25, -0.2) is 0 Å². The van der Waals surface area contributed by atoms with Crippen LogP contribution < -0.4 is 9.64 Å². The predicted molar refractivity (Wildman–Crippen MR) is 81.8 cm³/mol. The quantitative estimate of drug-likeness (QED) is 0.867. The van der Waals surface area contributed by atoms with Crippen LogP contribution >= 0.6 is 0 Å². The largest absolute Gasteiger partial charge is 0.496 e. The number of rotatable bonds is 3. The molecule has 2 heterocycles. The van der Waals surface area contributed by atoms with Crippen LogP contribution in [0.2, 0.25) is 0 Å². The summed E-state index contributed by atoms with van der Waals surface area (Å²) in [5.74, 6) is 2.06. The van der Waals surface area contributed by atoms with Gasteiger partial charge in [-0.1, -0.05) is 26.8 Å². The Bertz CT molecular complexity index is 639. The van der Waals surface area contributed by atoms with Crippen molar-refractivity contribution in [3.05, 3.63) is 23.8 Å². The Morgan fingerprint density at radius 1 is 1.24 bits per heavy atom. The summed E-state index contributed by atoms with van der Waals surface area (Å²) in [6.07, 6.45) is 1.19. The van der Waals surface area contributed by atoms with Gasteiger partial charge in [0.15, 0.2) is 0 Å². The lowest BCUT2D eigenvalue weighted by Gasteiger charge is -2.28. The van der Waals surface area contributed by atoms with E-state index in [0.717, 1.165) is 30.0 Å². The first-order chi connectivity index (χ1) is 9.99. The highest BCUT2D eigenvalue weighted by Crippen LogP contribution is 2.34. The first-order valence-electron chi connectivity index (χ1n) is 7.26. The first kappa shape index (κ1) is 13.9. The van der Waals surface area contributed by atoms with E-state index in [1.165, 1.54) is 6.42 Å². The van der Waals surface area contributed by atoms with Gasteiger partial charge in [-0.05, 0) is 34.7 Å². The molecule has 0 bridgehead atoms. The minimum Gasteiger partial charge on any atom is -0.496 e. The molecule has 0 N–H and O–H groups in total. The molecular formula is C16H21N3O2. The summed E-state index contributed by atoms with van der Waals surface area (Å²) in [7, 11) is 1.69. The van der Waals surface area contributed by atoms with Gasteiger partial charge in [0.2, 0.25) is 0 Å². The number of aromatic nitrogens is 2. The van der Waals surface area contributed by atoms with Crippen LogP contribution in [-0.4, -0.2) is 30.3 Å². The van der Waals surface area contributed by atoms with E-state index in [4.69, 9.17) is 9.26 Å². The highest BCUT2D eigenvalue weighted by molar-refractivity contribution is 5.60. The molecule has 1 aromatic carbocycles. The van der Waals surface area contributed by atoms with E-state index in [2.05, 4.69) is 41.9 Å². The molecule has 1 aliphatic rings. The molecule has 1 aromatic heterocycles. The lowest BCUT2D eigenvalue weighted by Crippen LogP contribution is -2.37. The van der Waals surface area contributed by atoms with Crippen molar-refractivity contribution in [3.63, 3.8) is 0 Å². The molecule has 2 aromatic rings. The SMILES string of the molecule is COc1cc(-c2nc(N3CCC3)no2)ccc1C(C)(C)C. The number of hydrogen-bond acceptors (Lipinski definition) is 5. The third-order valence-corrected chi connectivity index (χ3v) is 3.81. The van der Waals surface area contributed by atoms with Crippen LogP contribution in [0.1, 0.15) is 32.8 Å². The van der Waals surface area contributed by atoms with Crippen molar-refractivity contribution in [3.8, 4) is 17.2 Å². The summed E-state index contributed by atoms with van der Waals surface area (Å²) in [5.41, 5.74) is 2.08. The Morgan fingerprint density at radius 2 is 2.00 bits per heavy atom. The number of nitrogens with zero attached hydrogens (tertiary/aromatic N) is 3. The van der Waals surface area contributed by atoms with Crippen LogP contribution in [0.3, 0.4) is 0 Å². The third-order valence-electron chi connectivity index (χ3n) is 3.81. The normalized spacial score (nSPS) is 15.0. The Labute approximate surface area is 124 Å². The maximum Gasteiger partial charge on any atom is 0.266 e. The van der Waals surface area contributed by atoms with Gasteiger partial charge in [-0.3, -0.25) is 0 Å². The Hall–Kier alpha value is -2.04. The van der Waals surface area contributed by atoms with Crippen molar-refractivity contribution in [2.45, 2.75) is 32.6 Å². The minimum atomic E-state index is 0.0293. The van der Waals surface area contributed by atoms with Gasteiger partial charge in [0.25, 0.3) is 11.8 Å². The summed E-state index contributed by atoms with van der Waals surface area (Å²) < 4.78 is 10.9. The van der Waals surface area contributed by atoms with Gasteiger partial charge in [-0.2, -0.15) is 4.98 Å². The summed E-state index contributed by atoms with van der Waals surface area (Å²) in [6, 6.07) is 6.05. The van der Waals surface area contributed by atoms with E-state index in [-0.39, 0.29) is 5.41 Å². The van der Waals surface area contributed by atoms with Crippen LogP contribution in [0, 0.1) is 0 Å². The lowest BCUT2D eigenvalue weighted by atomic mass is 9.86. The maximum absolute atomic E-state index is 5.52. The Balaban J connectivity index is 1.93. The third kappa shape index (κ3) is 2.60. The lowest BCUT2D eigenvalue weighted by molar-refractivity contribution is 0.396. The van der Waals surface area contributed by atoms with E-state index in [9.17, 15) is 0 Å². The highest BCUT2D eigenvalue weighted by atomic mass is 16.5. The molecule has 5 nitrogen and oxygen atoms in total. The second-order valence-corrected chi connectivity index (χ2v) is 6.41. The Morgan fingerprint density at radius 3 is 2.57 bits per heavy atom. The van der Waals surface area contributed by atoms with Crippen LogP contribution in [0.4, 0.5) is 5.95 Å². The summed E-state index contributed by atoms with van der Waals surface area (Å²) in [5, 5.41) is 4.04. The van der Waals surface area contributed by atoms with Gasteiger partial charge in [0.05, 0.1) is 7.11 Å². The standard InChI is InChI=1S/C16H21N3O2/c1-16(2,3)12-7-6-11(10-13(12)20-4)14-17-15(18-21-14)19-8-5-9-19/h6-7,10H,5,8-9H2,1-4H3. The van der Waals surface area contributed by atoms with Gasteiger partial charge in [-0.15, -0.1) is 0 Å². The fourth-order valence-corrected chi connectivity index (χ4v) is 2.42. The smallest absolute Gasteiger partial charge is 0.266 e. The minimum absolute atomic E-state index is 0.0293. The number of methoxy groups -OCH3 is 1. The van der Waals surface area contributed by atoms with Crippen LogP contribution in [0.5, 0.6) is 5.75 Å². The Kier molecular flexibility index (Phi) is 3.35. The zero-order valence-corrected chi connectivity index (χ0v) is 13.0. The monoisotopic (exact) mass is 287 g/mol. The molecule has 1 saturated heterocycles. The van der Waals surface area contributed by atoms with Crippen molar-refractivity contribution in [1.29, 1.82) is 0 Å². The van der Waals surface area contributed by atoms with E-state index in [1.807, 2.05) is 12.1 Å². The van der Waals surface area contributed by atoms with Crippen LogP contribution in [-0.2, 0) is 5.41 Å². The number of anilines is 1. The molecule has 5 heteroatoms. The second kappa shape index (κ2) is 5.06.